The minimum absolute atomic E-state index is 0.0837. The number of fused-ring (bicyclic) bond motifs is 2. The number of rotatable bonds is 5. The average molecular weight is 495 g/mol. The van der Waals surface area contributed by atoms with Gasteiger partial charge in [0.25, 0.3) is 5.91 Å². The molecule has 6 rings (SSSR count). The number of anilines is 1. The standard InChI is InChI=1S/C26H21N7O4/c34-23-9-8-22(25(36)29-23)33-12-19-17(26(33)37)6-3-7-20(19)28-24(35)14-32-13-21(30-31-32)18-11-27-10-15-4-1-2-5-16(15)18/h1-7,10-11,13,22H,8-9,12,14H2,(H,28,35)(H,29,34,36). The van der Waals surface area contributed by atoms with Gasteiger partial charge in [0, 0.05) is 53.1 Å². The smallest absolute Gasteiger partial charge is 0.255 e. The number of pyridine rings is 1. The second kappa shape index (κ2) is 8.94. The minimum Gasteiger partial charge on any atom is -0.324 e. The Morgan fingerprint density at radius 3 is 2.78 bits per heavy atom. The van der Waals surface area contributed by atoms with Gasteiger partial charge in [-0.25, -0.2) is 4.68 Å². The Kier molecular flexibility index (Phi) is 5.44. The van der Waals surface area contributed by atoms with Crippen LogP contribution in [0.3, 0.4) is 0 Å². The third kappa shape index (κ3) is 4.10. The summed E-state index contributed by atoms with van der Waals surface area (Å²) in [6.45, 7) is 0.0815. The van der Waals surface area contributed by atoms with Gasteiger partial charge in [0.1, 0.15) is 18.3 Å². The summed E-state index contributed by atoms with van der Waals surface area (Å²) in [6, 6.07) is 12.2. The lowest BCUT2D eigenvalue weighted by molar-refractivity contribution is -0.137. The number of benzene rings is 2. The second-order valence-corrected chi connectivity index (χ2v) is 8.99. The molecule has 2 aliphatic heterocycles. The molecular formula is C26H21N7O4. The predicted molar refractivity (Wildman–Crippen MR) is 132 cm³/mol. The average Bonchev–Trinajstić information content (AvgIpc) is 3.49. The van der Waals surface area contributed by atoms with Gasteiger partial charge < -0.3 is 10.2 Å². The van der Waals surface area contributed by atoms with Crippen molar-refractivity contribution in [1.82, 2.24) is 30.2 Å². The quantitative estimate of drug-likeness (QED) is 0.403. The van der Waals surface area contributed by atoms with Crippen molar-refractivity contribution >= 4 is 40.1 Å². The number of hydrogen-bond acceptors (Lipinski definition) is 7. The van der Waals surface area contributed by atoms with E-state index in [1.54, 1.807) is 36.8 Å². The van der Waals surface area contributed by atoms with Crippen molar-refractivity contribution in [2.24, 2.45) is 0 Å². The molecule has 2 N–H and O–H groups in total. The number of aromatic nitrogens is 4. The number of hydrogen-bond donors (Lipinski definition) is 2. The topological polar surface area (TPSA) is 139 Å². The molecule has 4 heterocycles. The molecule has 1 fully saturated rings. The molecule has 4 amide bonds. The van der Waals surface area contributed by atoms with Crippen LogP contribution in [0.4, 0.5) is 5.69 Å². The molecule has 0 saturated carbocycles. The molecule has 11 heteroatoms. The molecule has 1 saturated heterocycles. The highest BCUT2D eigenvalue weighted by atomic mass is 16.2. The van der Waals surface area contributed by atoms with E-state index in [2.05, 4.69) is 25.9 Å². The fraction of sp³-hybridized carbons (Fsp3) is 0.192. The Morgan fingerprint density at radius 2 is 1.92 bits per heavy atom. The molecule has 0 aliphatic carbocycles. The van der Waals surface area contributed by atoms with Crippen LogP contribution in [-0.2, 0) is 27.5 Å². The van der Waals surface area contributed by atoms with E-state index in [0.29, 0.717) is 22.5 Å². The number of nitrogens with zero attached hydrogens (tertiary/aromatic N) is 5. The van der Waals surface area contributed by atoms with Gasteiger partial charge in [0.15, 0.2) is 0 Å². The van der Waals surface area contributed by atoms with Crippen molar-refractivity contribution < 1.29 is 19.2 Å². The molecular weight excluding hydrogens is 474 g/mol. The van der Waals surface area contributed by atoms with Crippen LogP contribution in [0.2, 0.25) is 0 Å². The highest BCUT2D eigenvalue weighted by Crippen LogP contribution is 2.32. The van der Waals surface area contributed by atoms with Gasteiger partial charge in [0.2, 0.25) is 17.7 Å². The van der Waals surface area contributed by atoms with E-state index in [-0.39, 0.29) is 43.7 Å². The third-order valence-electron chi connectivity index (χ3n) is 6.64. The van der Waals surface area contributed by atoms with Crippen molar-refractivity contribution in [3.63, 3.8) is 0 Å². The number of carbonyl (C=O) groups is 4. The number of carbonyl (C=O) groups excluding carboxylic acids is 4. The van der Waals surface area contributed by atoms with Crippen molar-refractivity contribution in [3.8, 4) is 11.3 Å². The number of piperidine rings is 1. The van der Waals surface area contributed by atoms with Crippen molar-refractivity contribution in [1.29, 1.82) is 0 Å². The first-order valence-electron chi connectivity index (χ1n) is 11.8. The maximum atomic E-state index is 13.0. The lowest BCUT2D eigenvalue weighted by atomic mass is 10.0. The summed E-state index contributed by atoms with van der Waals surface area (Å²) in [5, 5.41) is 15.4. The maximum absolute atomic E-state index is 13.0. The summed E-state index contributed by atoms with van der Waals surface area (Å²) < 4.78 is 1.44. The second-order valence-electron chi connectivity index (χ2n) is 8.99. The number of amides is 4. The Hall–Kier alpha value is -4.93. The van der Waals surface area contributed by atoms with Crippen LogP contribution in [0.5, 0.6) is 0 Å². The van der Waals surface area contributed by atoms with Crippen molar-refractivity contribution in [3.05, 3.63) is 72.2 Å². The van der Waals surface area contributed by atoms with Gasteiger partial charge in [-0.2, -0.15) is 0 Å². The normalized spacial score (nSPS) is 17.1. The molecule has 184 valence electrons. The van der Waals surface area contributed by atoms with Crippen LogP contribution in [-0.4, -0.2) is 54.5 Å². The Labute approximate surface area is 210 Å². The first-order chi connectivity index (χ1) is 18.0. The van der Waals surface area contributed by atoms with E-state index < -0.39 is 11.9 Å². The summed E-state index contributed by atoms with van der Waals surface area (Å²) in [5.41, 5.74) is 2.96. The molecule has 1 atom stereocenters. The lowest BCUT2D eigenvalue weighted by Gasteiger charge is -2.29. The fourth-order valence-electron chi connectivity index (χ4n) is 4.86. The third-order valence-corrected chi connectivity index (χ3v) is 6.64. The minimum atomic E-state index is -0.724. The highest BCUT2D eigenvalue weighted by molar-refractivity contribution is 6.06. The van der Waals surface area contributed by atoms with Crippen LogP contribution >= 0.6 is 0 Å². The Morgan fingerprint density at radius 1 is 1.05 bits per heavy atom. The Balaban J connectivity index is 1.18. The molecule has 37 heavy (non-hydrogen) atoms. The van der Waals surface area contributed by atoms with Gasteiger partial charge in [0.05, 0.1) is 6.20 Å². The van der Waals surface area contributed by atoms with Crippen LogP contribution in [0, 0.1) is 0 Å². The molecule has 2 aromatic carbocycles. The van der Waals surface area contributed by atoms with E-state index in [1.165, 1.54) is 9.58 Å². The molecule has 1 unspecified atom stereocenters. The Bertz CT molecular complexity index is 1590. The van der Waals surface area contributed by atoms with Crippen molar-refractivity contribution in [2.45, 2.75) is 32.0 Å². The first-order valence-corrected chi connectivity index (χ1v) is 11.8. The molecule has 4 aromatic rings. The largest absolute Gasteiger partial charge is 0.324 e. The summed E-state index contributed by atoms with van der Waals surface area (Å²) in [6.07, 6.45) is 5.63. The molecule has 0 radical (unpaired) electrons. The highest BCUT2D eigenvalue weighted by Gasteiger charge is 2.39. The molecule has 0 spiro atoms. The summed E-state index contributed by atoms with van der Waals surface area (Å²) in [4.78, 5) is 55.4. The zero-order chi connectivity index (χ0) is 25.5. The molecule has 0 bridgehead atoms. The summed E-state index contributed by atoms with van der Waals surface area (Å²) >= 11 is 0. The van der Waals surface area contributed by atoms with Crippen LogP contribution in [0.1, 0.15) is 28.8 Å². The summed E-state index contributed by atoms with van der Waals surface area (Å²) in [5.74, 6) is -1.46. The van der Waals surface area contributed by atoms with Gasteiger partial charge in [-0.3, -0.25) is 29.5 Å². The van der Waals surface area contributed by atoms with Crippen LogP contribution in [0.15, 0.2) is 61.1 Å². The predicted octanol–water partition coefficient (Wildman–Crippen LogP) is 1.89. The monoisotopic (exact) mass is 495 g/mol. The molecule has 2 aromatic heterocycles. The maximum Gasteiger partial charge on any atom is 0.255 e. The molecule has 11 nitrogen and oxygen atoms in total. The number of nitrogens with one attached hydrogen (secondary N) is 2. The number of imide groups is 1. The zero-order valence-electron chi connectivity index (χ0n) is 19.5. The van der Waals surface area contributed by atoms with E-state index in [9.17, 15) is 19.2 Å². The van der Waals surface area contributed by atoms with Gasteiger partial charge in [-0.15, -0.1) is 5.10 Å². The first kappa shape index (κ1) is 22.5. The van der Waals surface area contributed by atoms with E-state index in [0.717, 1.165) is 16.3 Å². The van der Waals surface area contributed by atoms with E-state index >= 15 is 0 Å². The van der Waals surface area contributed by atoms with Gasteiger partial charge >= 0.3 is 0 Å². The van der Waals surface area contributed by atoms with Crippen LogP contribution in [0.25, 0.3) is 22.0 Å². The lowest BCUT2D eigenvalue weighted by Crippen LogP contribution is -2.52. The fourth-order valence-corrected chi connectivity index (χ4v) is 4.86. The summed E-state index contributed by atoms with van der Waals surface area (Å²) in [7, 11) is 0. The zero-order valence-corrected chi connectivity index (χ0v) is 19.5. The van der Waals surface area contributed by atoms with Gasteiger partial charge in [-0.1, -0.05) is 35.5 Å². The van der Waals surface area contributed by atoms with E-state index in [1.807, 2.05) is 24.3 Å². The van der Waals surface area contributed by atoms with Crippen molar-refractivity contribution in [2.75, 3.05) is 5.32 Å². The molecule has 2 aliphatic rings. The van der Waals surface area contributed by atoms with Gasteiger partial charge in [-0.05, 0) is 23.9 Å². The van der Waals surface area contributed by atoms with Crippen LogP contribution < -0.4 is 10.6 Å². The SMILES string of the molecule is O=C1CCC(N2Cc3c(NC(=O)Cn4cc(-c5cncc6ccccc56)nn4)cccc3C2=O)C(=O)N1. The van der Waals surface area contributed by atoms with E-state index in [4.69, 9.17) is 0 Å².